The van der Waals surface area contributed by atoms with Gasteiger partial charge in [0.15, 0.2) is 0 Å². The van der Waals surface area contributed by atoms with E-state index in [1.807, 2.05) is 44.2 Å². The van der Waals surface area contributed by atoms with Crippen LogP contribution >= 0.6 is 0 Å². The van der Waals surface area contributed by atoms with Crippen molar-refractivity contribution in [3.05, 3.63) is 65.7 Å². The number of halogens is 3. The number of nitrogens with zero attached hydrogens (tertiary/aromatic N) is 2. The van der Waals surface area contributed by atoms with Gasteiger partial charge < -0.3 is 9.80 Å². The van der Waals surface area contributed by atoms with Crippen molar-refractivity contribution in [3.63, 3.8) is 0 Å². The Labute approximate surface area is 162 Å². The molecule has 0 fully saturated rings. The fraction of sp³-hybridized carbons (Fsp3) is 0.333. The number of alkyl halides is 3. The first-order valence-corrected chi connectivity index (χ1v) is 8.88. The normalized spacial score (nSPS) is 11.4. The lowest BCUT2D eigenvalue weighted by atomic mass is 10.1. The lowest BCUT2D eigenvalue weighted by Crippen LogP contribution is -2.44. The summed E-state index contributed by atoms with van der Waals surface area (Å²) in [6.07, 6.45) is -4.53. The van der Waals surface area contributed by atoms with Crippen LogP contribution in [-0.2, 0) is 22.3 Å². The maximum atomic E-state index is 13.0. The zero-order valence-corrected chi connectivity index (χ0v) is 16.0. The van der Waals surface area contributed by atoms with Crippen molar-refractivity contribution in [2.45, 2.75) is 39.5 Å². The van der Waals surface area contributed by atoms with E-state index in [4.69, 9.17) is 0 Å². The van der Waals surface area contributed by atoms with Crippen molar-refractivity contribution in [2.75, 3.05) is 11.4 Å². The molecule has 0 saturated heterocycles. The third-order valence-corrected chi connectivity index (χ3v) is 4.30. The van der Waals surface area contributed by atoms with Crippen molar-refractivity contribution < 1.29 is 22.8 Å². The van der Waals surface area contributed by atoms with Gasteiger partial charge in [0, 0.05) is 25.2 Å². The molecule has 0 atom stereocenters. The van der Waals surface area contributed by atoms with Crippen molar-refractivity contribution in [1.82, 2.24) is 4.90 Å². The van der Waals surface area contributed by atoms with Gasteiger partial charge in [0.05, 0.1) is 5.56 Å². The first kappa shape index (κ1) is 21.5. The molecule has 0 aromatic heterocycles. The minimum atomic E-state index is -4.53. The van der Waals surface area contributed by atoms with Gasteiger partial charge in [-0.3, -0.25) is 9.59 Å². The molecule has 2 amide bonds. The third-order valence-electron chi connectivity index (χ3n) is 4.30. The number of amides is 2. The highest BCUT2D eigenvalue weighted by Crippen LogP contribution is 2.31. The highest BCUT2D eigenvalue weighted by Gasteiger charge is 2.31. The van der Waals surface area contributed by atoms with Gasteiger partial charge in [-0.05, 0) is 37.6 Å². The molecule has 0 unspecified atom stereocenters. The number of carbonyl (C=O) groups excluding carboxylic acids is 2. The lowest BCUT2D eigenvalue weighted by molar-refractivity contribution is -0.137. The molecule has 0 aliphatic rings. The average Bonchev–Trinajstić information content (AvgIpc) is 2.63. The molecule has 28 heavy (non-hydrogen) atoms. The monoisotopic (exact) mass is 392 g/mol. The fourth-order valence-corrected chi connectivity index (χ4v) is 2.80. The fourth-order valence-electron chi connectivity index (χ4n) is 2.80. The molecule has 0 saturated carbocycles. The van der Waals surface area contributed by atoms with Gasteiger partial charge in [0.25, 0.3) is 0 Å². The van der Waals surface area contributed by atoms with Crippen LogP contribution in [0.25, 0.3) is 0 Å². The molecule has 7 heteroatoms. The Kier molecular flexibility index (Phi) is 6.83. The van der Waals surface area contributed by atoms with E-state index < -0.39 is 17.6 Å². The molecule has 0 heterocycles. The van der Waals surface area contributed by atoms with Gasteiger partial charge in [-0.15, -0.1) is 0 Å². The zero-order chi connectivity index (χ0) is 20.9. The molecule has 4 nitrogen and oxygen atoms in total. The Morgan fingerprint density at radius 1 is 1.00 bits per heavy atom. The molecule has 0 N–H and O–H groups in total. The molecule has 0 spiro atoms. The van der Waals surface area contributed by atoms with E-state index >= 15 is 0 Å². The second kappa shape index (κ2) is 8.91. The Balaban J connectivity index is 2.25. The summed E-state index contributed by atoms with van der Waals surface area (Å²) in [5.41, 5.74) is 0.103. The van der Waals surface area contributed by atoms with Crippen molar-refractivity contribution in [1.29, 1.82) is 0 Å². The van der Waals surface area contributed by atoms with Gasteiger partial charge >= 0.3 is 6.18 Å². The number of hydrogen-bond donors (Lipinski definition) is 0. The van der Waals surface area contributed by atoms with E-state index in [9.17, 15) is 22.8 Å². The van der Waals surface area contributed by atoms with E-state index in [1.165, 1.54) is 19.1 Å². The number of benzene rings is 2. The first-order valence-electron chi connectivity index (χ1n) is 8.88. The molecule has 0 aliphatic heterocycles. The van der Waals surface area contributed by atoms with Gasteiger partial charge in [-0.1, -0.05) is 36.4 Å². The topological polar surface area (TPSA) is 40.6 Å². The summed E-state index contributed by atoms with van der Waals surface area (Å²) in [6.45, 7) is 4.95. The molecule has 2 aromatic rings. The van der Waals surface area contributed by atoms with E-state index in [-0.39, 0.29) is 24.2 Å². The Morgan fingerprint density at radius 3 is 2.18 bits per heavy atom. The molecule has 0 radical (unpaired) electrons. The van der Waals surface area contributed by atoms with Crippen LogP contribution < -0.4 is 4.90 Å². The predicted octanol–water partition coefficient (Wildman–Crippen LogP) is 4.50. The van der Waals surface area contributed by atoms with Gasteiger partial charge in [0.1, 0.15) is 6.54 Å². The molecule has 0 aliphatic carbocycles. The van der Waals surface area contributed by atoms with Crippen molar-refractivity contribution in [2.24, 2.45) is 0 Å². The summed E-state index contributed by atoms with van der Waals surface area (Å²) in [4.78, 5) is 27.6. The molecular weight excluding hydrogens is 369 g/mol. The summed E-state index contributed by atoms with van der Waals surface area (Å²) in [5, 5.41) is 0. The number of carbonyl (C=O) groups is 2. The summed E-state index contributed by atoms with van der Waals surface area (Å²) in [7, 11) is 0. The van der Waals surface area contributed by atoms with E-state index in [1.54, 1.807) is 4.90 Å². The number of anilines is 1. The predicted molar refractivity (Wildman–Crippen MR) is 102 cm³/mol. The smallest absolute Gasteiger partial charge is 0.334 e. The maximum Gasteiger partial charge on any atom is 0.416 e. The van der Waals surface area contributed by atoms with Crippen LogP contribution in [0.5, 0.6) is 0 Å². The van der Waals surface area contributed by atoms with Crippen LogP contribution in [-0.4, -0.2) is 29.3 Å². The summed E-state index contributed by atoms with van der Waals surface area (Å²) < 4.78 is 39.0. The highest BCUT2D eigenvalue weighted by atomic mass is 19.4. The average molecular weight is 392 g/mol. The maximum absolute atomic E-state index is 13.0. The van der Waals surface area contributed by atoms with Gasteiger partial charge in [0.2, 0.25) is 11.8 Å². The zero-order valence-electron chi connectivity index (χ0n) is 16.0. The molecule has 0 bridgehead atoms. The van der Waals surface area contributed by atoms with Crippen molar-refractivity contribution in [3.8, 4) is 0 Å². The third kappa shape index (κ3) is 5.58. The van der Waals surface area contributed by atoms with Crippen LogP contribution in [0.2, 0.25) is 0 Å². The molecule has 2 rings (SSSR count). The highest BCUT2D eigenvalue weighted by molar-refractivity contribution is 5.97. The van der Waals surface area contributed by atoms with Gasteiger partial charge in [-0.2, -0.15) is 13.2 Å². The summed E-state index contributed by atoms with van der Waals surface area (Å²) >= 11 is 0. The minimum absolute atomic E-state index is 0.0408. The van der Waals surface area contributed by atoms with Crippen LogP contribution in [0.1, 0.15) is 31.9 Å². The SMILES string of the molecule is CC(=O)N(CC(=O)N(Cc1ccccc1)C(C)C)c1cccc(C(F)(F)F)c1. The first-order chi connectivity index (χ1) is 13.1. The summed E-state index contributed by atoms with van der Waals surface area (Å²) in [5.74, 6) is -0.845. The molecule has 2 aromatic carbocycles. The Bertz CT molecular complexity index is 820. The van der Waals surface area contributed by atoms with Crippen molar-refractivity contribution >= 4 is 17.5 Å². The Morgan fingerprint density at radius 2 is 1.64 bits per heavy atom. The standard InChI is InChI=1S/C21H23F3N2O2/c1-15(2)25(13-17-8-5-4-6-9-17)20(28)14-26(16(3)27)19-11-7-10-18(12-19)21(22,23)24/h4-12,15H,13-14H2,1-3H3. The minimum Gasteiger partial charge on any atom is -0.334 e. The second-order valence-electron chi connectivity index (χ2n) is 6.75. The quantitative estimate of drug-likeness (QED) is 0.727. The largest absolute Gasteiger partial charge is 0.416 e. The van der Waals surface area contributed by atoms with E-state index in [2.05, 4.69) is 0 Å². The van der Waals surface area contributed by atoms with Crippen LogP contribution in [0.4, 0.5) is 18.9 Å². The molecule has 150 valence electrons. The van der Waals surface area contributed by atoms with E-state index in [0.717, 1.165) is 22.6 Å². The van der Waals surface area contributed by atoms with Crippen LogP contribution in [0.15, 0.2) is 54.6 Å². The number of rotatable bonds is 6. The number of hydrogen-bond acceptors (Lipinski definition) is 2. The van der Waals surface area contributed by atoms with Gasteiger partial charge in [-0.25, -0.2) is 0 Å². The van der Waals surface area contributed by atoms with Crippen LogP contribution in [0, 0.1) is 0 Å². The lowest BCUT2D eigenvalue weighted by Gasteiger charge is -2.30. The van der Waals surface area contributed by atoms with Crippen LogP contribution in [0.3, 0.4) is 0 Å². The second-order valence-corrected chi connectivity index (χ2v) is 6.75. The Hall–Kier alpha value is -2.83. The van der Waals surface area contributed by atoms with E-state index in [0.29, 0.717) is 6.54 Å². The molecular formula is C21H23F3N2O2. The summed E-state index contributed by atoms with van der Waals surface area (Å²) in [6, 6.07) is 13.7.